The van der Waals surface area contributed by atoms with Crippen LogP contribution in [0.4, 0.5) is 16.2 Å². The predicted molar refractivity (Wildman–Crippen MR) is 241 cm³/mol. The summed E-state index contributed by atoms with van der Waals surface area (Å²) in [5, 5.41) is 15.8. The normalized spacial score (nSPS) is 11.9. The molecule has 0 bridgehead atoms. The number of anilines is 2. The molecule has 338 valence electrons. The number of tetrazole rings is 1. The van der Waals surface area contributed by atoms with Gasteiger partial charge >= 0.3 is 6.09 Å². The van der Waals surface area contributed by atoms with Crippen molar-refractivity contribution in [2.75, 3.05) is 45.9 Å². The van der Waals surface area contributed by atoms with Crippen LogP contribution in [0, 0.1) is 0 Å². The van der Waals surface area contributed by atoms with E-state index in [1.807, 2.05) is 12.1 Å². The molecule has 0 aliphatic rings. The summed E-state index contributed by atoms with van der Waals surface area (Å²) in [4.78, 5) is 12.4. The largest absolute Gasteiger partial charge is 0.497 e. The van der Waals surface area contributed by atoms with E-state index in [4.69, 9.17) is 30.4 Å². The first-order valence-electron chi connectivity index (χ1n) is 19.9. The van der Waals surface area contributed by atoms with Gasteiger partial charge in [-0.05, 0) is 96.8 Å². The molecule has 0 fully saturated rings. The lowest BCUT2D eigenvalue weighted by atomic mass is 9.97. The molecule has 1 amide bonds. The van der Waals surface area contributed by atoms with Crippen molar-refractivity contribution in [3.8, 4) is 39.8 Å². The average molecular weight is 914 g/mol. The Morgan fingerprint density at radius 2 is 1.27 bits per heavy atom. The number of carbonyl (C=O) groups excluding carboxylic acids is 1. The van der Waals surface area contributed by atoms with E-state index in [0.717, 1.165) is 9.87 Å². The number of amides is 1. The molecule has 0 saturated carbocycles. The summed E-state index contributed by atoms with van der Waals surface area (Å²) in [5.74, 6) is 1.51. The van der Waals surface area contributed by atoms with Crippen LogP contribution < -0.4 is 35.7 Å². The summed E-state index contributed by atoms with van der Waals surface area (Å²) < 4.78 is 85.8. The Bertz CT molecular complexity index is 2750. The quantitative estimate of drug-likeness (QED) is 0.0620. The number of alkyl carbamates (subject to hydrolysis) is 1. The number of nitrogen functional groups attached to an aromatic ring is 2. The van der Waals surface area contributed by atoms with Crippen molar-refractivity contribution < 1.29 is 40.6 Å². The predicted octanol–water partition coefficient (Wildman–Crippen LogP) is 5.44. The van der Waals surface area contributed by atoms with Gasteiger partial charge in [0.05, 0.1) is 44.8 Å². The molecule has 0 saturated heterocycles. The van der Waals surface area contributed by atoms with Gasteiger partial charge in [0.15, 0.2) is 0 Å². The molecule has 0 radical (unpaired) electrons. The molecule has 0 aliphatic carbocycles. The van der Waals surface area contributed by atoms with E-state index in [2.05, 4.69) is 25.4 Å². The maximum atomic E-state index is 15.9. The maximum Gasteiger partial charge on any atom is 0.407 e. The number of nitrogens with zero attached hydrogens (tertiary/aromatic N) is 5. The van der Waals surface area contributed by atoms with Crippen LogP contribution in [0.15, 0.2) is 113 Å². The van der Waals surface area contributed by atoms with Crippen molar-refractivity contribution >= 4 is 37.5 Å². The van der Waals surface area contributed by atoms with Crippen LogP contribution in [-0.4, -0.2) is 87.5 Å². The van der Waals surface area contributed by atoms with Crippen molar-refractivity contribution in [2.24, 2.45) is 0 Å². The van der Waals surface area contributed by atoms with Gasteiger partial charge in [-0.25, -0.2) is 26.4 Å². The molecule has 0 aliphatic heterocycles. The lowest BCUT2D eigenvalue weighted by Crippen LogP contribution is -2.38. The number of nitrogens with two attached hydrogens (primary N) is 2. The number of sulfonamides is 2. The summed E-state index contributed by atoms with van der Waals surface area (Å²) >= 11 is 0. The smallest absolute Gasteiger partial charge is 0.407 e. The van der Waals surface area contributed by atoms with Crippen molar-refractivity contribution in [2.45, 2.75) is 55.8 Å². The third-order valence-electron chi connectivity index (χ3n) is 9.72. The van der Waals surface area contributed by atoms with Crippen LogP contribution in [0.25, 0.3) is 22.5 Å². The molecule has 0 atom stereocenters. The van der Waals surface area contributed by atoms with Crippen molar-refractivity contribution in [3.63, 3.8) is 0 Å². The summed E-state index contributed by atoms with van der Waals surface area (Å²) in [5.41, 5.74) is 14.5. The molecule has 0 unspecified atom stereocenters. The maximum absolute atomic E-state index is 15.9. The van der Waals surface area contributed by atoms with Crippen LogP contribution in [0.2, 0.25) is 0 Å². The minimum Gasteiger partial charge on any atom is -0.497 e. The Morgan fingerprint density at radius 1 is 0.719 bits per heavy atom. The van der Waals surface area contributed by atoms with E-state index in [-0.39, 0.29) is 66.6 Å². The lowest BCUT2D eigenvalue weighted by molar-refractivity contribution is 0.0528. The monoisotopic (exact) mass is 913 g/mol. The Labute approximate surface area is 372 Å². The second kappa shape index (κ2) is 19.8. The third-order valence-corrected chi connectivity index (χ3v) is 13.2. The molecule has 18 nitrogen and oxygen atoms in total. The van der Waals surface area contributed by atoms with Crippen molar-refractivity contribution in [1.82, 2.24) is 34.6 Å². The van der Waals surface area contributed by atoms with Gasteiger partial charge in [0.1, 0.15) is 32.6 Å². The summed E-state index contributed by atoms with van der Waals surface area (Å²) in [6.07, 6.45) is -0.766. The Morgan fingerprint density at radius 3 is 1.80 bits per heavy atom. The number of hydrogen-bond acceptors (Lipinski definition) is 14. The second-order valence-electron chi connectivity index (χ2n) is 15.4. The number of carbonyl (C=O) groups is 1. The van der Waals surface area contributed by atoms with Crippen LogP contribution in [0.1, 0.15) is 37.5 Å². The van der Waals surface area contributed by atoms with Gasteiger partial charge in [0.25, 0.3) is 0 Å². The van der Waals surface area contributed by atoms with Gasteiger partial charge in [-0.2, -0.15) is 9.10 Å². The third kappa shape index (κ3) is 11.2. The van der Waals surface area contributed by atoms with E-state index in [0.29, 0.717) is 28.4 Å². The number of para-hydroxylation sites is 1. The van der Waals surface area contributed by atoms with Gasteiger partial charge in [-0.3, -0.25) is 0 Å². The van der Waals surface area contributed by atoms with Gasteiger partial charge in [0, 0.05) is 31.7 Å². The Hall–Kier alpha value is -6.74. The molecule has 6 aromatic rings. The van der Waals surface area contributed by atoms with Crippen molar-refractivity contribution in [1.29, 1.82) is 0 Å². The van der Waals surface area contributed by atoms with Crippen LogP contribution >= 0.6 is 0 Å². The number of nitrogens with one attached hydrogen (secondary N) is 2. The van der Waals surface area contributed by atoms with Crippen LogP contribution in [0.3, 0.4) is 0 Å². The molecule has 6 rings (SSSR count). The van der Waals surface area contributed by atoms with Crippen molar-refractivity contribution in [3.05, 3.63) is 120 Å². The number of ether oxygens (including phenoxy) is 4. The van der Waals surface area contributed by atoms with E-state index in [9.17, 15) is 13.2 Å². The fourth-order valence-electron chi connectivity index (χ4n) is 6.57. The minimum absolute atomic E-state index is 0.105. The number of methoxy groups -OCH3 is 3. The summed E-state index contributed by atoms with van der Waals surface area (Å²) in [7, 11) is -5.09. The first-order valence-corrected chi connectivity index (χ1v) is 22.8. The zero-order chi connectivity index (χ0) is 46.2. The number of aromatic nitrogens is 4. The lowest BCUT2D eigenvalue weighted by Gasteiger charge is -2.26. The second-order valence-corrected chi connectivity index (χ2v) is 19.0. The van der Waals surface area contributed by atoms with Gasteiger partial charge in [-0.15, -0.1) is 10.2 Å². The zero-order valence-electron chi connectivity index (χ0n) is 36.2. The standard InChI is InChI=1S/C44H51N9O9S2/c1-44(2,3)62-43(54)47-24-25-48-63(55,56)38-23-22-35(36-8-7-9-37(45)40(36)46)39(42-49-51-53(50-42)28-31-14-20-34(61-6)21-15-31)41(38)64(57,58)52(26-29-10-16-32(59-4)17-11-29)27-30-12-18-33(60-5)19-13-30/h7-23,48H,24-28,45-46H2,1-6H3,(H,47,54). The van der Waals surface area contributed by atoms with Gasteiger partial charge < -0.3 is 35.7 Å². The van der Waals surface area contributed by atoms with Crippen LogP contribution in [0.5, 0.6) is 17.2 Å². The van der Waals surface area contributed by atoms with Crippen LogP contribution in [-0.2, 0) is 44.4 Å². The molecule has 1 heterocycles. The van der Waals surface area contributed by atoms with Gasteiger partial charge in [-0.1, -0.05) is 54.6 Å². The Kier molecular flexibility index (Phi) is 14.4. The van der Waals surface area contributed by atoms with E-state index in [1.54, 1.807) is 107 Å². The molecule has 0 spiro atoms. The molecular weight excluding hydrogens is 863 g/mol. The highest BCUT2D eigenvalue weighted by Gasteiger charge is 2.38. The molecule has 5 aromatic carbocycles. The molecule has 1 aromatic heterocycles. The number of rotatable bonds is 18. The average Bonchev–Trinajstić information content (AvgIpc) is 3.73. The summed E-state index contributed by atoms with van der Waals surface area (Å²) in [6, 6.07) is 28.2. The van der Waals surface area contributed by atoms with E-state index >= 15 is 8.42 Å². The molecule has 6 N–H and O–H groups in total. The highest BCUT2D eigenvalue weighted by atomic mass is 32.2. The topological polar surface area (TPSA) is 245 Å². The van der Waals surface area contributed by atoms with E-state index in [1.165, 1.54) is 31.1 Å². The molecular formula is C44H51N9O9S2. The fourth-order valence-corrected chi connectivity index (χ4v) is 10.0. The van der Waals surface area contributed by atoms with Gasteiger partial charge in [0.2, 0.25) is 25.9 Å². The highest BCUT2D eigenvalue weighted by Crippen LogP contribution is 2.43. The minimum atomic E-state index is -4.94. The SMILES string of the molecule is COc1ccc(CN(Cc2ccc(OC)cc2)S(=O)(=O)c2c(S(=O)(=O)NCCNC(=O)OC(C)(C)C)ccc(-c3cccc(N)c3N)c2-c2nnn(Cc3ccc(OC)cc3)n2)cc1. The fraction of sp³-hybridized carbons (Fsp3) is 0.273. The van der Waals surface area contributed by atoms with E-state index < -0.39 is 41.5 Å². The zero-order valence-corrected chi connectivity index (χ0v) is 37.9. The Balaban J connectivity index is 1.58. The summed E-state index contributed by atoms with van der Waals surface area (Å²) in [6.45, 7) is 4.22. The number of hydrogen-bond donors (Lipinski definition) is 4. The molecule has 64 heavy (non-hydrogen) atoms. The molecule has 20 heteroatoms. The first-order chi connectivity index (χ1) is 30.4. The number of benzene rings is 5. The first kappa shape index (κ1) is 46.8. The highest BCUT2D eigenvalue weighted by molar-refractivity contribution is 7.92.